The van der Waals surface area contributed by atoms with Crippen LogP contribution >= 0.6 is 0 Å². The highest BCUT2D eigenvalue weighted by atomic mass is 15.0. The number of nitrogens with zero attached hydrogens (tertiary/aromatic N) is 5. The van der Waals surface area contributed by atoms with E-state index in [1.807, 2.05) is 36.4 Å². The molecule has 0 fully saturated rings. The lowest BCUT2D eigenvalue weighted by Gasteiger charge is -2.34. The summed E-state index contributed by atoms with van der Waals surface area (Å²) in [4.78, 5) is 15.5. The van der Waals surface area contributed by atoms with Gasteiger partial charge in [-0.05, 0) is 117 Å². The van der Waals surface area contributed by atoms with Gasteiger partial charge < -0.3 is 9.13 Å². The minimum absolute atomic E-state index is 0.621. The van der Waals surface area contributed by atoms with Gasteiger partial charge in [0.05, 0.1) is 27.5 Å². The molecular formula is C70H45N5. The highest BCUT2D eigenvalue weighted by Gasteiger charge is 2.46. The monoisotopic (exact) mass is 955 g/mol. The van der Waals surface area contributed by atoms with E-state index >= 15 is 0 Å². The van der Waals surface area contributed by atoms with E-state index in [2.05, 4.69) is 246 Å². The van der Waals surface area contributed by atoms with Crippen LogP contribution in [0, 0.1) is 0 Å². The van der Waals surface area contributed by atoms with Crippen molar-refractivity contribution in [3.63, 3.8) is 0 Å². The number of rotatable bonds is 8. The fourth-order valence-electron chi connectivity index (χ4n) is 12.2. The van der Waals surface area contributed by atoms with Gasteiger partial charge in [0.25, 0.3) is 0 Å². The first-order valence-corrected chi connectivity index (χ1v) is 25.6. The van der Waals surface area contributed by atoms with Gasteiger partial charge in [-0.2, -0.15) is 0 Å². The molecule has 14 aromatic rings. The largest absolute Gasteiger partial charge is 0.309 e. The van der Waals surface area contributed by atoms with E-state index in [-0.39, 0.29) is 0 Å². The van der Waals surface area contributed by atoms with E-state index in [0.29, 0.717) is 17.5 Å². The van der Waals surface area contributed by atoms with Crippen LogP contribution in [0.2, 0.25) is 0 Å². The molecule has 11 aromatic carbocycles. The lowest BCUT2D eigenvalue weighted by atomic mass is 9.67. The molecule has 0 saturated carbocycles. The Balaban J connectivity index is 0.963. The van der Waals surface area contributed by atoms with Crippen molar-refractivity contribution in [1.29, 1.82) is 0 Å². The summed E-state index contributed by atoms with van der Waals surface area (Å²) in [6, 6.07) is 98.6. The second-order valence-electron chi connectivity index (χ2n) is 19.5. The van der Waals surface area contributed by atoms with Crippen LogP contribution in [0.4, 0.5) is 0 Å². The molecule has 3 heterocycles. The van der Waals surface area contributed by atoms with Crippen LogP contribution < -0.4 is 0 Å². The number of hydrogen-bond acceptors (Lipinski definition) is 3. The van der Waals surface area contributed by atoms with Gasteiger partial charge in [0, 0.05) is 49.6 Å². The average Bonchev–Trinajstić information content (AvgIpc) is 4.23. The maximum Gasteiger partial charge on any atom is 0.164 e. The Morgan fingerprint density at radius 2 is 0.653 bits per heavy atom. The smallest absolute Gasteiger partial charge is 0.164 e. The molecule has 0 aliphatic heterocycles. The second kappa shape index (κ2) is 17.1. The van der Waals surface area contributed by atoms with Gasteiger partial charge in [0.2, 0.25) is 0 Å². The van der Waals surface area contributed by atoms with Gasteiger partial charge in [0.1, 0.15) is 0 Å². The molecule has 0 saturated heterocycles. The quantitative estimate of drug-likeness (QED) is 0.152. The number of fused-ring (bicyclic) bond motifs is 9. The van der Waals surface area contributed by atoms with Crippen molar-refractivity contribution in [2.75, 3.05) is 0 Å². The fraction of sp³-hybridized carbons (Fsp3) is 0.0143. The van der Waals surface area contributed by atoms with Crippen molar-refractivity contribution in [3.8, 4) is 67.8 Å². The van der Waals surface area contributed by atoms with Crippen molar-refractivity contribution >= 4 is 43.6 Å². The van der Waals surface area contributed by atoms with E-state index in [1.54, 1.807) is 0 Å². The predicted molar refractivity (Wildman–Crippen MR) is 308 cm³/mol. The van der Waals surface area contributed by atoms with Crippen LogP contribution in [0.5, 0.6) is 0 Å². The first-order chi connectivity index (χ1) is 37.2. The molecule has 0 atom stereocenters. The summed E-state index contributed by atoms with van der Waals surface area (Å²) in [6.45, 7) is 0. The molecule has 75 heavy (non-hydrogen) atoms. The molecular weight excluding hydrogens is 911 g/mol. The lowest BCUT2D eigenvalue weighted by molar-refractivity contribution is 0.770. The minimum Gasteiger partial charge on any atom is -0.309 e. The van der Waals surface area contributed by atoms with Gasteiger partial charge in [-0.25, -0.2) is 15.0 Å². The predicted octanol–water partition coefficient (Wildman–Crippen LogP) is 17.1. The van der Waals surface area contributed by atoms with E-state index < -0.39 is 5.41 Å². The van der Waals surface area contributed by atoms with Crippen LogP contribution in [-0.4, -0.2) is 24.1 Å². The zero-order chi connectivity index (χ0) is 49.5. The Bertz CT molecular complexity index is 4420. The summed E-state index contributed by atoms with van der Waals surface area (Å²) in [5.74, 6) is 1.89. The van der Waals surface area contributed by atoms with Crippen molar-refractivity contribution in [2.24, 2.45) is 0 Å². The molecule has 5 heteroatoms. The van der Waals surface area contributed by atoms with Crippen LogP contribution in [0.25, 0.3) is 111 Å². The van der Waals surface area contributed by atoms with Crippen LogP contribution in [0.15, 0.2) is 273 Å². The Hall–Kier alpha value is -9.97. The molecule has 0 N–H and O–H groups in total. The molecule has 15 rings (SSSR count). The molecule has 1 aliphatic rings. The second-order valence-corrected chi connectivity index (χ2v) is 19.5. The van der Waals surface area contributed by atoms with Gasteiger partial charge in [-0.15, -0.1) is 0 Å². The summed E-state index contributed by atoms with van der Waals surface area (Å²) >= 11 is 0. The van der Waals surface area contributed by atoms with Crippen LogP contribution in [0.1, 0.15) is 22.3 Å². The standard InChI is InChI=1S/C70H45N5/c1-5-20-46(21-6-1)67-71-68(47-22-7-2-8-23-47)73-69(72-67)50-24-19-25-51(42-50)70(61-33-16-13-30-55(61)56-31-14-17-34-62(56)70)52-38-41-66-60(45-52)59-44-49(37-40-65(59)75(66)54-28-11-4-12-29-54)48-36-39-64-58(43-48)57-32-15-18-35-63(57)74(64)53-26-9-3-10-27-53/h1-45H. The Labute approximate surface area is 434 Å². The maximum atomic E-state index is 5.21. The summed E-state index contributed by atoms with van der Waals surface area (Å²) in [7, 11) is 0. The zero-order valence-electron chi connectivity index (χ0n) is 40.7. The molecule has 0 spiro atoms. The van der Waals surface area contributed by atoms with Crippen molar-refractivity contribution in [2.45, 2.75) is 5.41 Å². The van der Waals surface area contributed by atoms with Crippen LogP contribution in [0.3, 0.4) is 0 Å². The molecule has 0 amide bonds. The molecule has 3 aromatic heterocycles. The number of hydrogen-bond donors (Lipinski definition) is 0. The molecule has 0 bridgehead atoms. The molecule has 0 radical (unpaired) electrons. The Morgan fingerprint density at radius 1 is 0.253 bits per heavy atom. The maximum absolute atomic E-state index is 5.21. The minimum atomic E-state index is -0.703. The highest BCUT2D eigenvalue weighted by molar-refractivity contribution is 6.13. The third-order valence-corrected chi connectivity index (χ3v) is 15.4. The van der Waals surface area contributed by atoms with E-state index in [0.717, 1.165) is 44.7 Å². The van der Waals surface area contributed by atoms with Crippen molar-refractivity contribution < 1.29 is 0 Å². The Kier molecular flexibility index (Phi) is 9.72. The first kappa shape index (κ1) is 42.7. The third kappa shape index (κ3) is 6.68. The third-order valence-electron chi connectivity index (χ3n) is 15.4. The van der Waals surface area contributed by atoms with Gasteiger partial charge in [-0.1, -0.05) is 200 Å². The first-order valence-electron chi connectivity index (χ1n) is 25.6. The normalized spacial score (nSPS) is 12.6. The Morgan fingerprint density at radius 3 is 1.21 bits per heavy atom. The van der Waals surface area contributed by atoms with Gasteiger partial charge in [-0.3, -0.25) is 0 Å². The summed E-state index contributed by atoms with van der Waals surface area (Å²) < 4.78 is 4.81. The topological polar surface area (TPSA) is 48.5 Å². The molecule has 1 aliphatic carbocycles. The van der Waals surface area contributed by atoms with E-state index in [9.17, 15) is 0 Å². The van der Waals surface area contributed by atoms with E-state index in [1.165, 1.54) is 71.5 Å². The molecule has 5 nitrogen and oxygen atoms in total. The van der Waals surface area contributed by atoms with E-state index in [4.69, 9.17) is 15.0 Å². The number of aromatic nitrogens is 5. The number of benzene rings is 11. The van der Waals surface area contributed by atoms with Crippen molar-refractivity contribution in [3.05, 3.63) is 295 Å². The highest BCUT2D eigenvalue weighted by Crippen LogP contribution is 2.57. The molecule has 350 valence electrons. The zero-order valence-corrected chi connectivity index (χ0v) is 40.7. The summed E-state index contributed by atoms with van der Waals surface area (Å²) in [5.41, 5.74) is 18.6. The van der Waals surface area contributed by atoms with Gasteiger partial charge >= 0.3 is 0 Å². The van der Waals surface area contributed by atoms with Crippen LogP contribution in [-0.2, 0) is 5.41 Å². The number of para-hydroxylation sites is 3. The van der Waals surface area contributed by atoms with Crippen molar-refractivity contribution in [1.82, 2.24) is 24.1 Å². The molecule has 0 unspecified atom stereocenters. The summed E-state index contributed by atoms with van der Waals surface area (Å²) in [6.07, 6.45) is 0. The fourth-order valence-corrected chi connectivity index (χ4v) is 12.2. The SMILES string of the molecule is c1ccc(-c2nc(-c3ccccc3)nc(-c3cccc(C4(c5ccc6c(c5)c5cc(-c7ccc8c(c7)c7ccccc7n8-c7ccccc7)ccc5n6-c5ccccc5)c5ccccc5-c5ccccc54)c3)n2)cc1. The average molecular weight is 956 g/mol. The van der Waals surface area contributed by atoms with Gasteiger partial charge in [0.15, 0.2) is 17.5 Å². The lowest BCUT2D eigenvalue weighted by Crippen LogP contribution is -2.28. The summed E-state index contributed by atoms with van der Waals surface area (Å²) in [5, 5.41) is 4.84.